The Morgan fingerprint density at radius 3 is 2.10 bits per heavy atom. The standard InChI is InChI=1S/C25H26BN3O2/c1-24(2)25(3,4)31-26(30-24)21-15-20-22(19-13-9-6-10-14-19)27-17-28-23(20)29(21)16-18-11-7-5-8-12-18/h5-15,17H,16H2,1-4H3. The summed E-state index contributed by atoms with van der Waals surface area (Å²) < 4.78 is 15.0. The fraction of sp³-hybridized carbons (Fsp3) is 0.280. The average molecular weight is 411 g/mol. The molecule has 5 nitrogen and oxygen atoms in total. The van der Waals surface area contributed by atoms with Crippen LogP contribution in [0.3, 0.4) is 0 Å². The Bertz CT molecular complexity index is 1200. The quantitative estimate of drug-likeness (QED) is 0.466. The third-order valence-electron chi connectivity index (χ3n) is 6.45. The normalized spacial score (nSPS) is 17.4. The van der Waals surface area contributed by atoms with E-state index in [2.05, 4.69) is 84.7 Å². The van der Waals surface area contributed by atoms with Crippen molar-refractivity contribution in [2.45, 2.75) is 45.4 Å². The smallest absolute Gasteiger partial charge is 0.398 e. The van der Waals surface area contributed by atoms with Crippen molar-refractivity contribution in [2.75, 3.05) is 0 Å². The molecule has 0 atom stereocenters. The van der Waals surface area contributed by atoms with Gasteiger partial charge >= 0.3 is 7.12 Å². The molecular weight excluding hydrogens is 385 g/mol. The van der Waals surface area contributed by atoms with Gasteiger partial charge in [0, 0.05) is 17.5 Å². The summed E-state index contributed by atoms with van der Waals surface area (Å²) in [7, 11) is -0.480. The molecule has 2 aromatic carbocycles. The van der Waals surface area contributed by atoms with Gasteiger partial charge in [0.1, 0.15) is 12.0 Å². The lowest BCUT2D eigenvalue weighted by atomic mass is 9.84. The summed E-state index contributed by atoms with van der Waals surface area (Å²) in [5.41, 5.74) is 4.16. The predicted molar refractivity (Wildman–Crippen MR) is 124 cm³/mol. The molecule has 0 unspecified atom stereocenters. The van der Waals surface area contributed by atoms with Crippen molar-refractivity contribution in [2.24, 2.45) is 0 Å². The molecule has 0 amide bonds. The van der Waals surface area contributed by atoms with Crippen molar-refractivity contribution >= 4 is 23.7 Å². The largest absolute Gasteiger partial charge is 0.512 e. The number of benzene rings is 2. The van der Waals surface area contributed by atoms with E-state index in [0.29, 0.717) is 6.54 Å². The van der Waals surface area contributed by atoms with E-state index in [1.807, 2.05) is 24.3 Å². The van der Waals surface area contributed by atoms with E-state index in [-0.39, 0.29) is 0 Å². The first kappa shape index (κ1) is 20.0. The Morgan fingerprint density at radius 2 is 1.45 bits per heavy atom. The first-order chi connectivity index (χ1) is 14.9. The van der Waals surface area contributed by atoms with E-state index in [1.54, 1.807) is 6.33 Å². The van der Waals surface area contributed by atoms with Gasteiger partial charge in [-0.15, -0.1) is 0 Å². The van der Waals surface area contributed by atoms with Gasteiger partial charge in [-0.3, -0.25) is 0 Å². The van der Waals surface area contributed by atoms with Crippen LogP contribution in [0.2, 0.25) is 0 Å². The predicted octanol–water partition coefficient (Wildman–Crippen LogP) is 4.45. The zero-order valence-corrected chi connectivity index (χ0v) is 18.4. The van der Waals surface area contributed by atoms with Gasteiger partial charge in [-0.2, -0.15) is 0 Å². The van der Waals surface area contributed by atoms with Crippen LogP contribution in [-0.2, 0) is 15.9 Å². The number of rotatable bonds is 4. The number of hydrogen-bond acceptors (Lipinski definition) is 4. The second-order valence-electron chi connectivity index (χ2n) is 9.05. The van der Waals surface area contributed by atoms with E-state index < -0.39 is 18.3 Å². The molecule has 0 radical (unpaired) electrons. The lowest BCUT2D eigenvalue weighted by molar-refractivity contribution is 0.00578. The minimum atomic E-state index is -0.480. The number of hydrogen-bond donors (Lipinski definition) is 0. The number of fused-ring (bicyclic) bond motifs is 1. The Balaban J connectivity index is 1.69. The maximum atomic E-state index is 6.41. The molecular formula is C25H26BN3O2. The van der Waals surface area contributed by atoms with E-state index in [4.69, 9.17) is 9.31 Å². The maximum absolute atomic E-state index is 6.41. The minimum absolute atomic E-state index is 0.417. The number of nitrogens with zero attached hydrogens (tertiary/aromatic N) is 3. The molecule has 1 saturated heterocycles. The van der Waals surface area contributed by atoms with Gasteiger partial charge in [-0.25, -0.2) is 9.97 Å². The molecule has 31 heavy (non-hydrogen) atoms. The summed E-state index contributed by atoms with van der Waals surface area (Å²) >= 11 is 0. The zero-order chi connectivity index (χ0) is 21.6. The molecule has 1 fully saturated rings. The monoisotopic (exact) mass is 411 g/mol. The second-order valence-corrected chi connectivity index (χ2v) is 9.05. The van der Waals surface area contributed by atoms with Crippen LogP contribution < -0.4 is 5.59 Å². The summed E-state index contributed by atoms with van der Waals surface area (Å²) in [5.74, 6) is 0. The van der Waals surface area contributed by atoms with Crippen molar-refractivity contribution < 1.29 is 9.31 Å². The first-order valence-electron chi connectivity index (χ1n) is 10.6. The molecule has 6 heteroatoms. The molecule has 0 N–H and O–H groups in total. The lowest BCUT2D eigenvalue weighted by Crippen LogP contribution is -2.41. The average Bonchev–Trinajstić information content (AvgIpc) is 3.23. The van der Waals surface area contributed by atoms with Crippen molar-refractivity contribution in [3.63, 3.8) is 0 Å². The van der Waals surface area contributed by atoms with Crippen LogP contribution in [0, 0.1) is 0 Å². The van der Waals surface area contributed by atoms with Crippen LogP contribution in [0.25, 0.3) is 22.3 Å². The summed E-state index contributed by atoms with van der Waals surface area (Å²) in [6, 6.07) is 22.7. The van der Waals surface area contributed by atoms with Crippen molar-refractivity contribution in [3.8, 4) is 11.3 Å². The molecule has 0 bridgehead atoms. The SMILES string of the molecule is CC1(C)OB(c2cc3c(-c4ccccc4)ncnc3n2Cc2ccccc2)OC1(C)C. The highest BCUT2D eigenvalue weighted by atomic mass is 16.7. The van der Waals surface area contributed by atoms with E-state index in [1.165, 1.54) is 5.56 Å². The van der Waals surface area contributed by atoms with Gasteiger partial charge in [-0.1, -0.05) is 60.7 Å². The molecule has 1 aliphatic heterocycles. The molecule has 4 aromatic rings. The summed E-state index contributed by atoms with van der Waals surface area (Å²) in [5, 5.41) is 0.995. The molecule has 5 rings (SSSR count). The van der Waals surface area contributed by atoms with Crippen LogP contribution in [0.4, 0.5) is 0 Å². The van der Waals surface area contributed by atoms with Crippen molar-refractivity contribution in [1.29, 1.82) is 0 Å². The third kappa shape index (κ3) is 3.46. The summed E-state index contributed by atoms with van der Waals surface area (Å²) in [4.78, 5) is 9.29. The van der Waals surface area contributed by atoms with Crippen LogP contribution in [0.5, 0.6) is 0 Å². The highest BCUT2D eigenvalue weighted by Gasteiger charge is 2.53. The highest BCUT2D eigenvalue weighted by Crippen LogP contribution is 2.37. The molecule has 0 saturated carbocycles. The molecule has 0 aliphatic carbocycles. The van der Waals surface area contributed by atoms with Crippen LogP contribution >= 0.6 is 0 Å². The van der Waals surface area contributed by atoms with Gasteiger partial charge in [0.25, 0.3) is 0 Å². The molecule has 1 aliphatic rings. The summed E-state index contributed by atoms with van der Waals surface area (Å²) in [6.45, 7) is 8.98. The van der Waals surface area contributed by atoms with E-state index in [9.17, 15) is 0 Å². The third-order valence-corrected chi connectivity index (χ3v) is 6.45. The highest BCUT2D eigenvalue weighted by molar-refractivity contribution is 6.62. The first-order valence-corrected chi connectivity index (χ1v) is 10.6. The minimum Gasteiger partial charge on any atom is -0.398 e. The van der Waals surface area contributed by atoms with Gasteiger partial charge in [0.05, 0.1) is 22.5 Å². The van der Waals surface area contributed by atoms with Gasteiger partial charge in [-0.05, 0) is 39.3 Å². The Labute approximate surface area is 183 Å². The van der Waals surface area contributed by atoms with E-state index in [0.717, 1.165) is 27.9 Å². The summed E-state index contributed by atoms with van der Waals surface area (Å²) in [6.07, 6.45) is 1.64. The second kappa shape index (κ2) is 7.33. The van der Waals surface area contributed by atoms with Crippen molar-refractivity contribution in [1.82, 2.24) is 14.5 Å². The lowest BCUT2D eigenvalue weighted by Gasteiger charge is -2.32. The molecule has 3 heterocycles. The topological polar surface area (TPSA) is 49.2 Å². The number of aromatic nitrogens is 3. The Kier molecular flexibility index (Phi) is 4.72. The zero-order valence-electron chi connectivity index (χ0n) is 18.4. The Morgan fingerprint density at radius 1 is 0.839 bits per heavy atom. The van der Waals surface area contributed by atoms with Gasteiger partial charge in [0.15, 0.2) is 0 Å². The van der Waals surface area contributed by atoms with Gasteiger partial charge < -0.3 is 13.9 Å². The fourth-order valence-electron chi connectivity index (χ4n) is 4.00. The maximum Gasteiger partial charge on any atom is 0.512 e. The van der Waals surface area contributed by atoms with Crippen LogP contribution in [-0.4, -0.2) is 32.9 Å². The molecule has 0 spiro atoms. The molecule has 156 valence electrons. The van der Waals surface area contributed by atoms with Crippen LogP contribution in [0.1, 0.15) is 33.3 Å². The van der Waals surface area contributed by atoms with Crippen molar-refractivity contribution in [3.05, 3.63) is 78.6 Å². The van der Waals surface area contributed by atoms with Crippen LogP contribution in [0.15, 0.2) is 73.1 Å². The Hall–Kier alpha value is -2.96. The van der Waals surface area contributed by atoms with Gasteiger partial charge in [0.2, 0.25) is 0 Å². The fourth-order valence-corrected chi connectivity index (χ4v) is 4.00. The molecule has 2 aromatic heterocycles. The van der Waals surface area contributed by atoms with E-state index >= 15 is 0 Å².